The number of carbonyl (C=O) groups excluding carboxylic acids is 1. The molecule has 1 atom stereocenters. The van der Waals surface area contributed by atoms with Crippen molar-refractivity contribution >= 4 is 34.1 Å². The molecule has 1 aromatic heterocycles. The Labute approximate surface area is 109 Å². The van der Waals surface area contributed by atoms with Gasteiger partial charge in [-0.15, -0.1) is 11.3 Å². The number of aryl methyl sites for hydroxylation is 1. The van der Waals surface area contributed by atoms with Crippen LogP contribution in [0.4, 0.5) is 5.13 Å². The second kappa shape index (κ2) is 5.37. The molecule has 0 spiro atoms. The maximum absolute atomic E-state index is 11.9. The molecule has 1 aromatic rings. The largest absolute Gasteiger partial charge is 0.379 e. The summed E-state index contributed by atoms with van der Waals surface area (Å²) in [5.41, 5.74) is -0.207. The predicted octanol–water partition coefficient (Wildman–Crippen LogP) is 1.90. The summed E-state index contributed by atoms with van der Waals surface area (Å²) in [6, 6.07) is 0. The van der Waals surface area contributed by atoms with E-state index in [1.54, 1.807) is 11.8 Å². The molecule has 2 rings (SSSR count). The third-order valence-electron chi connectivity index (χ3n) is 2.70. The van der Waals surface area contributed by atoms with Crippen LogP contribution in [0.5, 0.6) is 0 Å². The molecule has 1 saturated heterocycles. The van der Waals surface area contributed by atoms with Gasteiger partial charge in [0, 0.05) is 11.1 Å². The molecule has 2 N–H and O–H groups in total. The van der Waals surface area contributed by atoms with E-state index in [-0.39, 0.29) is 5.91 Å². The van der Waals surface area contributed by atoms with E-state index in [1.807, 2.05) is 5.38 Å². The van der Waals surface area contributed by atoms with E-state index in [9.17, 15) is 9.90 Å². The standard InChI is InChI=1S/C11H16N2O2S2/c1-2-3-8-6-17-10(12-8)13-9(14)11(15)4-5-16-7-11/h6,15H,2-5,7H2,1H3,(H,12,13,14). The molecule has 6 heteroatoms. The highest BCUT2D eigenvalue weighted by molar-refractivity contribution is 7.99. The zero-order valence-corrected chi connectivity index (χ0v) is 11.4. The SMILES string of the molecule is CCCc1csc(NC(=O)C2(O)CCSC2)n1. The Hall–Kier alpha value is -0.590. The van der Waals surface area contributed by atoms with E-state index < -0.39 is 5.60 Å². The van der Waals surface area contributed by atoms with Gasteiger partial charge in [0.15, 0.2) is 10.7 Å². The topological polar surface area (TPSA) is 62.2 Å². The Morgan fingerprint density at radius 1 is 1.71 bits per heavy atom. The monoisotopic (exact) mass is 272 g/mol. The lowest BCUT2D eigenvalue weighted by Gasteiger charge is -2.18. The molecule has 94 valence electrons. The molecule has 1 fully saturated rings. The Kier molecular flexibility index (Phi) is 4.06. The highest BCUT2D eigenvalue weighted by Crippen LogP contribution is 2.29. The van der Waals surface area contributed by atoms with E-state index in [1.165, 1.54) is 11.3 Å². The fourth-order valence-electron chi connectivity index (χ4n) is 1.68. The van der Waals surface area contributed by atoms with Crippen LogP contribution < -0.4 is 5.32 Å². The van der Waals surface area contributed by atoms with E-state index in [0.29, 0.717) is 17.3 Å². The van der Waals surface area contributed by atoms with Crippen LogP contribution >= 0.6 is 23.1 Å². The van der Waals surface area contributed by atoms with Gasteiger partial charge in [-0.2, -0.15) is 11.8 Å². The lowest BCUT2D eigenvalue weighted by molar-refractivity contribution is -0.131. The normalized spacial score (nSPS) is 23.9. The van der Waals surface area contributed by atoms with Gasteiger partial charge in [-0.25, -0.2) is 4.98 Å². The maximum atomic E-state index is 11.9. The van der Waals surface area contributed by atoms with Crippen LogP contribution in [-0.2, 0) is 11.2 Å². The van der Waals surface area contributed by atoms with Crippen LogP contribution in [0.2, 0.25) is 0 Å². The molecule has 1 aliphatic rings. The van der Waals surface area contributed by atoms with Crippen LogP contribution in [0.3, 0.4) is 0 Å². The number of carbonyl (C=O) groups is 1. The summed E-state index contributed by atoms with van der Waals surface area (Å²) in [6.07, 6.45) is 2.49. The van der Waals surface area contributed by atoms with Gasteiger partial charge in [-0.1, -0.05) is 13.3 Å². The lowest BCUT2D eigenvalue weighted by atomic mass is 10.0. The van der Waals surface area contributed by atoms with Crippen LogP contribution in [0.25, 0.3) is 0 Å². The number of nitrogens with one attached hydrogen (secondary N) is 1. The zero-order valence-electron chi connectivity index (χ0n) is 9.73. The van der Waals surface area contributed by atoms with Crippen LogP contribution in [-0.4, -0.2) is 33.1 Å². The summed E-state index contributed by atoms with van der Waals surface area (Å²) in [4.78, 5) is 16.2. The van der Waals surface area contributed by atoms with Gasteiger partial charge >= 0.3 is 0 Å². The minimum atomic E-state index is -1.21. The Bertz CT molecular complexity index is 400. The van der Waals surface area contributed by atoms with Crippen LogP contribution in [0.15, 0.2) is 5.38 Å². The van der Waals surface area contributed by atoms with Crippen molar-refractivity contribution in [3.05, 3.63) is 11.1 Å². The molecular formula is C11H16N2O2S2. The number of amides is 1. The second-order valence-corrected chi connectivity index (χ2v) is 6.15. The molecule has 1 unspecified atom stereocenters. The van der Waals surface area contributed by atoms with Crippen molar-refractivity contribution in [1.82, 2.24) is 4.98 Å². The first-order chi connectivity index (χ1) is 8.14. The molecule has 0 radical (unpaired) electrons. The second-order valence-electron chi connectivity index (χ2n) is 4.18. The number of anilines is 1. The molecule has 4 nitrogen and oxygen atoms in total. The Morgan fingerprint density at radius 2 is 2.53 bits per heavy atom. The third kappa shape index (κ3) is 3.00. The molecule has 1 aliphatic heterocycles. The van der Waals surface area contributed by atoms with Crippen molar-refractivity contribution in [3.63, 3.8) is 0 Å². The first kappa shape index (κ1) is 12.9. The number of aromatic nitrogens is 1. The molecule has 0 bridgehead atoms. The third-order valence-corrected chi connectivity index (χ3v) is 4.68. The van der Waals surface area contributed by atoms with Crippen LogP contribution in [0, 0.1) is 0 Å². The summed E-state index contributed by atoms with van der Waals surface area (Å²) in [6.45, 7) is 2.09. The first-order valence-electron chi connectivity index (χ1n) is 5.70. The molecule has 17 heavy (non-hydrogen) atoms. The van der Waals surface area contributed by atoms with Crippen molar-refractivity contribution in [2.45, 2.75) is 31.8 Å². The van der Waals surface area contributed by atoms with Crippen molar-refractivity contribution in [3.8, 4) is 0 Å². The summed E-state index contributed by atoms with van der Waals surface area (Å²) in [5.74, 6) is 0.995. The average molecular weight is 272 g/mol. The van der Waals surface area contributed by atoms with Crippen LogP contribution in [0.1, 0.15) is 25.5 Å². The van der Waals surface area contributed by atoms with Gasteiger partial charge in [0.25, 0.3) is 5.91 Å². The van der Waals surface area contributed by atoms with Gasteiger partial charge < -0.3 is 5.11 Å². The number of hydrogen-bond acceptors (Lipinski definition) is 5. The van der Waals surface area contributed by atoms with E-state index in [2.05, 4.69) is 17.2 Å². The number of thiazole rings is 1. The van der Waals surface area contributed by atoms with Crippen molar-refractivity contribution in [2.24, 2.45) is 0 Å². The molecule has 2 heterocycles. The first-order valence-corrected chi connectivity index (χ1v) is 7.73. The smallest absolute Gasteiger partial charge is 0.259 e. The van der Waals surface area contributed by atoms with E-state index in [0.717, 1.165) is 24.3 Å². The zero-order chi connectivity index (χ0) is 12.3. The van der Waals surface area contributed by atoms with Gasteiger partial charge in [-0.05, 0) is 18.6 Å². The summed E-state index contributed by atoms with van der Waals surface area (Å²) in [5, 5.41) is 15.3. The minimum absolute atomic E-state index is 0.320. The van der Waals surface area contributed by atoms with Gasteiger partial charge in [-0.3, -0.25) is 10.1 Å². The van der Waals surface area contributed by atoms with E-state index in [4.69, 9.17) is 0 Å². The number of hydrogen-bond donors (Lipinski definition) is 2. The summed E-state index contributed by atoms with van der Waals surface area (Å²) < 4.78 is 0. The maximum Gasteiger partial charge on any atom is 0.259 e. The number of thioether (sulfide) groups is 1. The molecular weight excluding hydrogens is 256 g/mol. The van der Waals surface area contributed by atoms with Gasteiger partial charge in [0.2, 0.25) is 0 Å². The van der Waals surface area contributed by atoms with Crippen molar-refractivity contribution in [2.75, 3.05) is 16.8 Å². The molecule has 1 amide bonds. The highest BCUT2D eigenvalue weighted by Gasteiger charge is 2.39. The highest BCUT2D eigenvalue weighted by atomic mass is 32.2. The fraction of sp³-hybridized carbons (Fsp3) is 0.636. The van der Waals surface area contributed by atoms with Crippen molar-refractivity contribution in [1.29, 1.82) is 0 Å². The summed E-state index contributed by atoms with van der Waals surface area (Å²) in [7, 11) is 0. The Morgan fingerprint density at radius 3 is 3.18 bits per heavy atom. The van der Waals surface area contributed by atoms with Crippen molar-refractivity contribution < 1.29 is 9.90 Å². The quantitative estimate of drug-likeness (QED) is 0.879. The number of aliphatic hydroxyl groups is 1. The number of nitrogens with zero attached hydrogens (tertiary/aromatic N) is 1. The molecule has 0 aliphatic carbocycles. The summed E-state index contributed by atoms with van der Waals surface area (Å²) >= 11 is 3.02. The predicted molar refractivity (Wildman–Crippen MR) is 71.6 cm³/mol. The molecule has 0 saturated carbocycles. The molecule has 0 aromatic carbocycles. The number of rotatable bonds is 4. The minimum Gasteiger partial charge on any atom is -0.379 e. The lowest BCUT2D eigenvalue weighted by Crippen LogP contribution is -2.42. The average Bonchev–Trinajstić information content (AvgIpc) is 2.90. The Balaban J connectivity index is 1.97. The van der Waals surface area contributed by atoms with Gasteiger partial charge in [0.1, 0.15) is 0 Å². The fourth-order valence-corrected chi connectivity index (χ4v) is 3.66. The van der Waals surface area contributed by atoms with E-state index >= 15 is 0 Å². The van der Waals surface area contributed by atoms with Gasteiger partial charge in [0.05, 0.1) is 5.69 Å².